The first-order chi connectivity index (χ1) is 8.76. The van der Waals surface area contributed by atoms with Crippen molar-refractivity contribution in [2.24, 2.45) is 5.73 Å². The predicted molar refractivity (Wildman–Crippen MR) is 80.9 cm³/mol. The summed E-state index contributed by atoms with van der Waals surface area (Å²) in [5, 5.41) is 0. The molecule has 0 rings (SSSR count). The van der Waals surface area contributed by atoms with Gasteiger partial charge in [-0.1, -0.05) is 65.2 Å². The second-order valence-electron chi connectivity index (χ2n) is 5.33. The van der Waals surface area contributed by atoms with Gasteiger partial charge in [-0.3, -0.25) is 0 Å². The van der Waals surface area contributed by atoms with Gasteiger partial charge in [0, 0.05) is 12.6 Å². The Labute approximate surface area is 115 Å². The van der Waals surface area contributed by atoms with E-state index < -0.39 is 0 Å². The van der Waals surface area contributed by atoms with E-state index in [2.05, 4.69) is 13.8 Å². The molecule has 0 aromatic carbocycles. The first kappa shape index (κ1) is 17.9. The summed E-state index contributed by atoms with van der Waals surface area (Å²) in [5.41, 5.74) is 6.17. The highest BCUT2D eigenvalue weighted by atomic mass is 16.5. The van der Waals surface area contributed by atoms with Gasteiger partial charge in [-0.05, 0) is 19.8 Å². The van der Waals surface area contributed by atoms with Crippen LogP contribution in [0.1, 0.15) is 85.0 Å². The molecule has 2 atom stereocenters. The Balaban J connectivity index is 3.36. The maximum absolute atomic E-state index is 6.17. The Bertz CT molecular complexity index is 161. The topological polar surface area (TPSA) is 35.2 Å². The lowest BCUT2D eigenvalue weighted by atomic mass is 10.0. The Morgan fingerprint density at radius 2 is 1.39 bits per heavy atom. The molecule has 2 unspecified atom stereocenters. The van der Waals surface area contributed by atoms with E-state index in [1.54, 1.807) is 0 Å². The summed E-state index contributed by atoms with van der Waals surface area (Å²) in [6.07, 6.45) is 13.4. The van der Waals surface area contributed by atoms with Gasteiger partial charge in [0.25, 0.3) is 0 Å². The molecule has 0 bridgehead atoms. The smallest absolute Gasteiger partial charge is 0.0723 e. The van der Waals surface area contributed by atoms with Gasteiger partial charge in [0.05, 0.1) is 6.10 Å². The average molecular weight is 257 g/mol. The van der Waals surface area contributed by atoms with Gasteiger partial charge in [-0.15, -0.1) is 0 Å². The molecular weight excluding hydrogens is 222 g/mol. The van der Waals surface area contributed by atoms with Gasteiger partial charge in [0.15, 0.2) is 0 Å². The van der Waals surface area contributed by atoms with Crippen molar-refractivity contribution in [2.75, 3.05) is 6.61 Å². The fourth-order valence-corrected chi connectivity index (χ4v) is 2.46. The van der Waals surface area contributed by atoms with Gasteiger partial charge in [0.1, 0.15) is 0 Å². The third-order valence-electron chi connectivity index (χ3n) is 3.65. The van der Waals surface area contributed by atoms with Crippen molar-refractivity contribution in [2.45, 2.75) is 97.1 Å². The molecule has 0 aliphatic heterocycles. The van der Waals surface area contributed by atoms with Crippen molar-refractivity contribution in [3.63, 3.8) is 0 Å². The first-order valence-electron chi connectivity index (χ1n) is 8.13. The molecule has 0 heterocycles. The fourth-order valence-electron chi connectivity index (χ4n) is 2.46. The Morgan fingerprint density at radius 3 is 1.89 bits per heavy atom. The third-order valence-corrected chi connectivity index (χ3v) is 3.65. The van der Waals surface area contributed by atoms with Crippen molar-refractivity contribution in [3.05, 3.63) is 0 Å². The molecule has 0 spiro atoms. The molecule has 0 radical (unpaired) electrons. The molecule has 0 saturated carbocycles. The van der Waals surface area contributed by atoms with Crippen LogP contribution in [0.15, 0.2) is 0 Å². The van der Waals surface area contributed by atoms with Gasteiger partial charge in [-0.25, -0.2) is 0 Å². The summed E-state index contributed by atoms with van der Waals surface area (Å²) in [7, 11) is 0. The molecule has 0 amide bonds. The monoisotopic (exact) mass is 257 g/mol. The molecule has 0 aromatic rings. The fraction of sp³-hybridized carbons (Fsp3) is 1.00. The zero-order chi connectivity index (χ0) is 13.6. The van der Waals surface area contributed by atoms with Gasteiger partial charge in [-0.2, -0.15) is 0 Å². The van der Waals surface area contributed by atoms with Crippen LogP contribution in [0.25, 0.3) is 0 Å². The normalized spacial score (nSPS) is 14.7. The van der Waals surface area contributed by atoms with E-state index in [1.165, 1.54) is 51.4 Å². The van der Waals surface area contributed by atoms with E-state index in [1.807, 2.05) is 6.92 Å². The van der Waals surface area contributed by atoms with Crippen LogP contribution in [0, 0.1) is 0 Å². The minimum absolute atomic E-state index is 0.232. The minimum atomic E-state index is 0.232. The summed E-state index contributed by atoms with van der Waals surface area (Å²) in [5.74, 6) is 0. The lowest BCUT2D eigenvalue weighted by molar-refractivity contribution is 0.0391. The highest BCUT2D eigenvalue weighted by Gasteiger charge is 2.14. The van der Waals surface area contributed by atoms with Gasteiger partial charge in [0.2, 0.25) is 0 Å². The van der Waals surface area contributed by atoms with Crippen molar-refractivity contribution >= 4 is 0 Å². The maximum atomic E-state index is 6.17. The molecular formula is C16H35NO. The molecule has 0 aliphatic carbocycles. The largest absolute Gasteiger partial charge is 0.377 e. The van der Waals surface area contributed by atoms with E-state index in [-0.39, 0.29) is 12.1 Å². The zero-order valence-corrected chi connectivity index (χ0v) is 12.9. The van der Waals surface area contributed by atoms with Crippen molar-refractivity contribution in [1.29, 1.82) is 0 Å². The summed E-state index contributed by atoms with van der Waals surface area (Å²) < 4.78 is 5.65. The highest BCUT2D eigenvalue weighted by Crippen LogP contribution is 2.13. The number of hydrogen-bond donors (Lipinski definition) is 1. The number of ether oxygens (including phenoxy) is 1. The lowest BCUT2D eigenvalue weighted by Crippen LogP contribution is -2.36. The highest BCUT2D eigenvalue weighted by molar-refractivity contribution is 4.72. The predicted octanol–water partition coefficient (Wildman–Crippen LogP) is 4.66. The molecule has 0 aliphatic rings. The molecule has 110 valence electrons. The first-order valence-corrected chi connectivity index (χ1v) is 8.13. The van der Waals surface area contributed by atoms with Crippen LogP contribution in [-0.4, -0.2) is 18.8 Å². The van der Waals surface area contributed by atoms with Crippen LogP contribution < -0.4 is 5.73 Å². The Kier molecular flexibility index (Phi) is 13.3. The number of unbranched alkanes of at least 4 members (excludes halogenated alkanes) is 7. The minimum Gasteiger partial charge on any atom is -0.377 e. The van der Waals surface area contributed by atoms with Crippen LogP contribution in [-0.2, 0) is 4.74 Å². The second kappa shape index (κ2) is 13.4. The SMILES string of the molecule is CCCCCCCCCCC(N)C(CC)OCC. The summed E-state index contributed by atoms with van der Waals surface area (Å²) >= 11 is 0. The van der Waals surface area contributed by atoms with E-state index in [9.17, 15) is 0 Å². The van der Waals surface area contributed by atoms with E-state index in [0.717, 1.165) is 19.4 Å². The van der Waals surface area contributed by atoms with Crippen LogP contribution in [0.4, 0.5) is 0 Å². The van der Waals surface area contributed by atoms with Crippen molar-refractivity contribution in [1.82, 2.24) is 0 Å². The zero-order valence-electron chi connectivity index (χ0n) is 12.9. The number of nitrogens with two attached hydrogens (primary N) is 1. The van der Waals surface area contributed by atoms with E-state index >= 15 is 0 Å². The lowest BCUT2D eigenvalue weighted by Gasteiger charge is -2.22. The molecule has 2 nitrogen and oxygen atoms in total. The van der Waals surface area contributed by atoms with E-state index in [4.69, 9.17) is 10.5 Å². The second-order valence-corrected chi connectivity index (χ2v) is 5.33. The van der Waals surface area contributed by atoms with E-state index in [0.29, 0.717) is 0 Å². The standard InChI is InChI=1S/C16H35NO/c1-4-7-8-9-10-11-12-13-14-15(17)16(5-2)18-6-3/h15-16H,4-14,17H2,1-3H3. The van der Waals surface area contributed by atoms with Crippen LogP contribution in [0.2, 0.25) is 0 Å². The van der Waals surface area contributed by atoms with Crippen molar-refractivity contribution in [3.8, 4) is 0 Å². The van der Waals surface area contributed by atoms with Gasteiger partial charge >= 0.3 is 0 Å². The molecule has 0 fully saturated rings. The summed E-state index contributed by atoms with van der Waals surface area (Å²) in [6.45, 7) is 7.26. The molecule has 2 N–H and O–H groups in total. The summed E-state index contributed by atoms with van der Waals surface area (Å²) in [4.78, 5) is 0. The van der Waals surface area contributed by atoms with Crippen LogP contribution in [0.3, 0.4) is 0 Å². The van der Waals surface area contributed by atoms with Crippen molar-refractivity contribution < 1.29 is 4.74 Å². The number of hydrogen-bond acceptors (Lipinski definition) is 2. The average Bonchev–Trinajstić information content (AvgIpc) is 2.38. The number of rotatable bonds is 13. The van der Waals surface area contributed by atoms with Crippen LogP contribution in [0.5, 0.6) is 0 Å². The maximum Gasteiger partial charge on any atom is 0.0723 e. The quantitative estimate of drug-likeness (QED) is 0.487. The summed E-state index contributed by atoms with van der Waals surface area (Å²) in [6, 6.07) is 0.232. The Hall–Kier alpha value is -0.0800. The molecule has 2 heteroatoms. The molecule has 0 aromatic heterocycles. The third kappa shape index (κ3) is 9.90. The van der Waals surface area contributed by atoms with Crippen LogP contribution >= 0.6 is 0 Å². The molecule has 18 heavy (non-hydrogen) atoms. The molecule has 0 saturated heterocycles. The van der Waals surface area contributed by atoms with Gasteiger partial charge < -0.3 is 10.5 Å². The Morgan fingerprint density at radius 1 is 0.833 bits per heavy atom.